The molecule has 14 nitrogen and oxygen atoms in total. The lowest BCUT2D eigenvalue weighted by Gasteiger charge is -2.48. The molecule has 0 aromatic carbocycles. The van der Waals surface area contributed by atoms with Gasteiger partial charge in [-0.2, -0.15) is 0 Å². The first-order chi connectivity index (χ1) is 23.8. The normalized spacial score (nSPS) is 44.8. The van der Waals surface area contributed by atoms with Crippen LogP contribution in [0.5, 0.6) is 0 Å². The van der Waals surface area contributed by atoms with E-state index in [1.807, 2.05) is 46.6 Å². The topological polar surface area (TPSA) is 158 Å². The minimum absolute atomic E-state index is 0.0107. The molecule has 14 atom stereocenters. The number of amidine groups is 1. The molecule has 292 valence electrons. The van der Waals surface area contributed by atoms with Crippen LogP contribution in [0.2, 0.25) is 0 Å². The summed E-state index contributed by atoms with van der Waals surface area (Å²) in [7, 11) is 5.18. The maximum absolute atomic E-state index is 13.7. The molecule has 0 saturated carbocycles. The van der Waals surface area contributed by atoms with E-state index < -0.39 is 72.1 Å². The van der Waals surface area contributed by atoms with E-state index in [-0.39, 0.29) is 49.5 Å². The molecule has 0 aromatic heterocycles. The minimum atomic E-state index is -1.51. The molecular formula is C37H63N3O11. The Morgan fingerprint density at radius 3 is 2.37 bits per heavy atom. The van der Waals surface area contributed by atoms with Crippen LogP contribution in [0.15, 0.2) is 17.1 Å². The largest absolute Gasteiger partial charge is 0.461 e. The molecule has 3 saturated heterocycles. The third-order valence-electron chi connectivity index (χ3n) is 10.8. The summed E-state index contributed by atoms with van der Waals surface area (Å²) in [6, 6.07) is 0.435. The van der Waals surface area contributed by atoms with Gasteiger partial charge in [0.1, 0.15) is 12.7 Å². The van der Waals surface area contributed by atoms with E-state index in [1.54, 1.807) is 39.6 Å². The van der Waals surface area contributed by atoms with Gasteiger partial charge in [0.15, 0.2) is 18.7 Å². The Morgan fingerprint density at radius 2 is 1.73 bits per heavy atom. The van der Waals surface area contributed by atoms with Crippen LogP contribution < -0.4 is 0 Å². The lowest BCUT2D eigenvalue weighted by atomic mass is 9.77. The first kappa shape index (κ1) is 41.4. The van der Waals surface area contributed by atoms with Gasteiger partial charge in [-0.3, -0.25) is 9.59 Å². The van der Waals surface area contributed by atoms with Gasteiger partial charge in [-0.1, -0.05) is 13.8 Å². The van der Waals surface area contributed by atoms with Gasteiger partial charge in [-0.15, -0.1) is 0 Å². The Labute approximate surface area is 303 Å². The van der Waals surface area contributed by atoms with Crippen molar-refractivity contribution >= 4 is 17.9 Å². The van der Waals surface area contributed by atoms with E-state index in [0.717, 1.165) is 0 Å². The monoisotopic (exact) mass is 725 g/mol. The molecule has 3 fully saturated rings. The highest BCUT2D eigenvalue weighted by Crippen LogP contribution is 2.40. The number of ether oxygens (including phenoxy) is 7. The van der Waals surface area contributed by atoms with E-state index in [1.165, 1.54) is 19.3 Å². The molecule has 0 spiro atoms. The van der Waals surface area contributed by atoms with Crippen molar-refractivity contribution in [1.82, 2.24) is 9.80 Å². The number of fused-ring (bicyclic) bond motifs is 1. The van der Waals surface area contributed by atoms with E-state index in [4.69, 9.17) is 33.2 Å². The van der Waals surface area contributed by atoms with Crippen LogP contribution in [0.1, 0.15) is 81.6 Å². The van der Waals surface area contributed by atoms with Gasteiger partial charge in [0, 0.05) is 52.2 Å². The second-order valence-corrected chi connectivity index (χ2v) is 16.0. The summed E-state index contributed by atoms with van der Waals surface area (Å²) in [6.45, 7) is 17.0. The van der Waals surface area contributed by atoms with Gasteiger partial charge < -0.3 is 53.2 Å². The van der Waals surface area contributed by atoms with Crippen molar-refractivity contribution in [2.24, 2.45) is 22.7 Å². The number of nitrogens with zero attached hydrogens (tertiary/aromatic N) is 3. The third-order valence-corrected chi connectivity index (χ3v) is 10.8. The van der Waals surface area contributed by atoms with Crippen molar-refractivity contribution in [1.29, 1.82) is 0 Å². The number of hydrogen-bond acceptors (Lipinski definition) is 12. The van der Waals surface area contributed by atoms with Crippen molar-refractivity contribution in [3.8, 4) is 0 Å². The number of methoxy groups -OCH3 is 1. The van der Waals surface area contributed by atoms with Crippen LogP contribution in [0, 0.1) is 17.8 Å². The van der Waals surface area contributed by atoms with Crippen molar-refractivity contribution < 1.29 is 53.0 Å². The Morgan fingerprint density at radius 1 is 1.04 bits per heavy atom. The lowest BCUT2D eigenvalue weighted by molar-refractivity contribution is -0.313. The summed E-state index contributed by atoms with van der Waals surface area (Å²) < 4.78 is 43.9. The summed E-state index contributed by atoms with van der Waals surface area (Å²) in [5, 5.41) is 23.4. The van der Waals surface area contributed by atoms with Crippen LogP contribution in [-0.2, 0) is 42.7 Å². The van der Waals surface area contributed by atoms with Crippen LogP contribution in [0.25, 0.3) is 0 Å². The van der Waals surface area contributed by atoms with Gasteiger partial charge in [-0.25, -0.2) is 4.99 Å². The molecular weight excluding hydrogens is 662 g/mol. The fourth-order valence-corrected chi connectivity index (χ4v) is 8.06. The van der Waals surface area contributed by atoms with Crippen LogP contribution in [-0.4, -0.2) is 145 Å². The molecule has 51 heavy (non-hydrogen) atoms. The number of carbonyl (C=O) groups is 2. The number of esters is 1. The van der Waals surface area contributed by atoms with E-state index in [2.05, 4.69) is 4.99 Å². The molecule has 4 rings (SSSR count). The van der Waals surface area contributed by atoms with Crippen LogP contribution in [0.3, 0.4) is 0 Å². The van der Waals surface area contributed by atoms with Gasteiger partial charge in [0.25, 0.3) is 6.02 Å². The molecule has 0 aromatic rings. The van der Waals surface area contributed by atoms with Crippen molar-refractivity contribution in [3.05, 3.63) is 12.2 Å². The Hall–Kier alpha value is -2.33. The molecule has 0 bridgehead atoms. The average Bonchev–Trinajstić information content (AvgIpc) is 3.35. The zero-order valence-electron chi connectivity index (χ0n) is 32.6. The van der Waals surface area contributed by atoms with Gasteiger partial charge >= 0.3 is 5.97 Å². The number of likely N-dealkylation sites (N-methyl/N-ethyl adjacent to an activating group) is 2. The number of carbonyl (C=O) groups excluding carboxylic acids is 2. The summed E-state index contributed by atoms with van der Waals surface area (Å²) in [5.41, 5.74) is -2.49. The maximum atomic E-state index is 13.7. The maximum Gasteiger partial charge on any atom is 0.311 e. The molecule has 2 N–H and O–H groups in total. The number of hydrogen-bond donors (Lipinski definition) is 2. The molecule has 0 aliphatic carbocycles. The van der Waals surface area contributed by atoms with Crippen LogP contribution >= 0.6 is 0 Å². The summed E-state index contributed by atoms with van der Waals surface area (Å²) in [6.07, 6.45) is -1.89. The Kier molecular flexibility index (Phi) is 13.6. The number of aliphatic hydroxyl groups is 2. The minimum Gasteiger partial charge on any atom is -0.461 e. The van der Waals surface area contributed by atoms with Gasteiger partial charge in [-0.05, 0) is 73.3 Å². The third kappa shape index (κ3) is 9.62. The first-order valence-electron chi connectivity index (χ1n) is 18.4. The Balaban J connectivity index is 1.76. The molecule has 14 heteroatoms. The molecule has 0 radical (unpaired) electrons. The lowest BCUT2D eigenvalue weighted by Crippen LogP contribution is -2.59. The van der Waals surface area contributed by atoms with E-state index >= 15 is 0 Å². The van der Waals surface area contributed by atoms with E-state index in [0.29, 0.717) is 19.0 Å². The number of rotatable bonds is 6. The summed E-state index contributed by atoms with van der Waals surface area (Å²) in [5.74, 6) is -2.48. The molecule has 1 amide bonds. The van der Waals surface area contributed by atoms with Crippen molar-refractivity contribution in [2.75, 3.05) is 34.4 Å². The number of aliphatic hydroxyl groups excluding tert-OH is 1. The second-order valence-electron chi connectivity index (χ2n) is 16.0. The van der Waals surface area contributed by atoms with Crippen LogP contribution in [0.4, 0.5) is 0 Å². The fourth-order valence-electron chi connectivity index (χ4n) is 8.06. The van der Waals surface area contributed by atoms with E-state index in [9.17, 15) is 19.8 Å². The fraction of sp³-hybridized carbons (Fsp3) is 0.865. The summed E-state index contributed by atoms with van der Waals surface area (Å²) >= 11 is 0. The highest BCUT2D eigenvalue weighted by Gasteiger charge is 2.54. The predicted molar refractivity (Wildman–Crippen MR) is 189 cm³/mol. The zero-order valence-corrected chi connectivity index (χ0v) is 32.6. The predicted octanol–water partition coefficient (Wildman–Crippen LogP) is 2.88. The second kappa shape index (κ2) is 16.8. The smallest absolute Gasteiger partial charge is 0.311 e. The zero-order chi connectivity index (χ0) is 38.0. The van der Waals surface area contributed by atoms with Gasteiger partial charge in [0.2, 0.25) is 5.91 Å². The highest BCUT2D eigenvalue weighted by molar-refractivity contribution is 5.87. The standard InChI is InChI=1S/C37H63N3O11/c1-20(2)38-35-40(11)26-16-22(4)47-34(30(26)50-35)51-32-23(5)29(49-28-18-37(9,45-12)31(42)25(7)48-28)24(6)33(43)46-15-13-14-27(41)39(10)19-21(3)17-36(32,8)44/h13-14,20-26,28-32,34,42,44H,15-19H2,1-12H3/b14-13+,38-35?/t21-,22-,23+,24?,25+,26?,28+,29?,30-,31+,32-,34+,36-,37-/m1/s1. The number of cyclic esters (lactones) is 1. The highest BCUT2D eigenvalue weighted by atomic mass is 16.7. The van der Waals surface area contributed by atoms with Crippen molar-refractivity contribution in [2.45, 2.75) is 154 Å². The molecule has 3 unspecified atom stereocenters. The first-order valence-corrected chi connectivity index (χ1v) is 18.4. The van der Waals surface area contributed by atoms with Gasteiger partial charge in [0.05, 0.1) is 47.6 Å². The number of aliphatic imine (C=N–C) groups is 1. The molecule has 4 heterocycles. The average molecular weight is 726 g/mol. The molecule has 4 aliphatic rings. The van der Waals surface area contributed by atoms with Crippen molar-refractivity contribution in [3.63, 3.8) is 0 Å². The molecule has 4 aliphatic heterocycles. The number of amides is 1. The summed E-state index contributed by atoms with van der Waals surface area (Å²) in [4.78, 5) is 34.8. The SMILES string of the molecule is CO[C@]1(C)C[C@H](OC2C(C)C(=O)OC/C=C/C(=O)N(C)C[C@H](C)C[C@@](C)(O)[C@H](O[C@@H]3O[C@H](C)CC4[C@H]3OC(=NC(C)C)N4C)[C@H]2C)O[C@@H](C)[C@@H]1O. The quantitative estimate of drug-likeness (QED) is 0.387. The Bertz CT molecular complexity index is 1260.